The third-order valence-electron chi connectivity index (χ3n) is 3.92. The van der Waals surface area contributed by atoms with Crippen LogP contribution in [0.4, 0.5) is 5.69 Å². The van der Waals surface area contributed by atoms with Crippen LogP contribution in [-0.2, 0) is 27.2 Å². The molecule has 0 saturated heterocycles. The van der Waals surface area contributed by atoms with Crippen LogP contribution in [0.1, 0.15) is 17.5 Å². The Morgan fingerprint density at radius 3 is 2.56 bits per heavy atom. The summed E-state index contributed by atoms with van der Waals surface area (Å²) in [6.07, 6.45) is 3.30. The molecule has 3 rings (SSSR count). The molecule has 5 nitrogen and oxygen atoms in total. The van der Waals surface area contributed by atoms with Gasteiger partial charge in [0.25, 0.3) is 5.91 Å². The molecule has 130 valence electrons. The fourth-order valence-corrected chi connectivity index (χ4v) is 2.97. The summed E-state index contributed by atoms with van der Waals surface area (Å²) in [5.74, 6) is -0.398. The van der Waals surface area contributed by atoms with E-state index in [1.165, 1.54) is 11.1 Å². The predicted octanol–water partition coefficient (Wildman–Crippen LogP) is 3.50. The zero-order valence-electron chi connectivity index (χ0n) is 13.6. The molecule has 0 atom stereocenters. The molecule has 25 heavy (non-hydrogen) atoms. The number of hydrogen-bond donors (Lipinski definition) is 1. The average molecular weight is 404 g/mol. The zero-order chi connectivity index (χ0) is 17.6. The summed E-state index contributed by atoms with van der Waals surface area (Å²) in [5.41, 5.74) is 3.35. The Balaban J connectivity index is 1.41. The molecule has 0 bridgehead atoms. The van der Waals surface area contributed by atoms with Crippen LogP contribution in [-0.4, -0.2) is 25.1 Å². The van der Waals surface area contributed by atoms with Gasteiger partial charge in [-0.25, -0.2) is 4.79 Å². The van der Waals surface area contributed by atoms with Gasteiger partial charge in [-0.05, 0) is 66.8 Å². The minimum Gasteiger partial charge on any atom is -0.482 e. The number of halogens is 1. The number of hydrogen-bond acceptors (Lipinski definition) is 4. The summed E-state index contributed by atoms with van der Waals surface area (Å²) in [5, 5.41) is 2.74. The second-order valence-corrected chi connectivity index (χ2v) is 6.70. The molecule has 2 aromatic carbocycles. The quantitative estimate of drug-likeness (QED) is 0.749. The molecule has 0 unspecified atom stereocenters. The van der Waals surface area contributed by atoms with Crippen LogP contribution in [0.3, 0.4) is 0 Å². The number of benzene rings is 2. The first kappa shape index (κ1) is 17.5. The lowest BCUT2D eigenvalue weighted by atomic mass is 10.1. The monoisotopic (exact) mass is 403 g/mol. The normalized spacial score (nSPS) is 12.4. The lowest BCUT2D eigenvalue weighted by molar-refractivity contribution is -0.149. The summed E-state index contributed by atoms with van der Waals surface area (Å²) >= 11 is 3.32. The van der Waals surface area contributed by atoms with Crippen molar-refractivity contribution in [3.8, 4) is 5.75 Å². The minimum atomic E-state index is -0.591. The molecule has 1 aliphatic carbocycles. The van der Waals surface area contributed by atoms with Gasteiger partial charge in [0, 0.05) is 10.2 Å². The predicted molar refractivity (Wildman–Crippen MR) is 97.7 cm³/mol. The summed E-state index contributed by atoms with van der Waals surface area (Å²) in [4.78, 5) is 23.6. The van der Waals surface area contributed by atoms with Gasteiger partial charge in [-0.1, -0.05) is 22.0 Å². The average Bonchev–Trinajstić information content (AvgIpc) is 3.07. The third kappa shape index (κ3) is 5.06. The summed E-state index contributed by atoms with van der Waals surface area (Å²) in [6, 6.07) is 13.0. The largest absolute Gasteiger partial charge is 0.482 e. The molecule has 1 amide bonds. The van der Waals surface area contributed by atoms with Gasteiger partial charge in [-0.3, -0.25) is 4.79 Å². The number of amides is 1. The van der Waals surface area contributed by atoms with Gasteiger partial charge in [-0.2, -0.15) is 0 Å². The first-order valence-corrected chi connectivity index (χ1v) is 8.85. The maximum Gasteiger partial charge on any atom is 0.344 e. The lowest BCUT2D eigenvalue weighted by Crippen LogP contribution is -2.23. The Morgan fingerprint density at radius 2 is 1.76 bits per heavy atom. The number of carbonyl (C=O) groups is 2. The first-order valence-electron chi connectivity index (χ1n) is 8.06. The van der Waals surface area contributed by atoms with E-state index in [4.69, 9.17) is 9.47 Å². The Hall–Kier alpha value is -2.34. The van der Waals surface area contributed by atoms with Crippen LogP contribution in [0.15, 0.2) is 46.9 Å². The third-order valence-corrected chi connectivity index (χ3v) is 4.45. The van der Waals surface area contributed by atoms with E-state index in [0.29, 0.717) is 5.75 Å². The molecule has 0 spiro atoms. The van der Waals surface area contributed by atoms with Gasteiger partial charge in [0.1, 0.15) is 5.75 Å². The molecule has 0 saturated carbocycles. The van der Waals surface area contributed by atoms with Crippen LogP contribution < -0.4 is 10.1 Å². The van der Waals surface area contributed by atoms with E-state index in [0.717, 1.165) is 29.4 Å². The molecular weight excluding hydrogens is 386 g/mol. The van der Waals surface area contributed by atoms with E-state index in [1.807, 2.05) is 30.3 Å². The van der Waals surface area contributed by atoms with E-state index < -0.39 is 5.97 Å². The van der Waals surface area contributed by atoms with Crippen LogP contribution in [0, 0.1) is 0 Å². The first-order chi connectivity index (χ1) is 12.1. The van der Waals surface area contributed by atoms with E-state index in [-0.39, 0.29) is 19.1 Å². The molecule has 6 heteroatoms. The maximum absolute atomic E-state index is 11.9. The molecule has 0 aromatic heterocycles. The van der Waals surface area contributed by atoms with Crippen molar-refractivity contribution in [3.63, 3.8) is 0 Å². The summed E-state index contributed by atoms with van der Waals surface area (Å²) < 4.78 is 11.1. The minimum absolute atomic E-state index is 0.242. The molecule has 0 heterocycles. The number of rotatable bonds is 6. The van der Waals surface area contributed by atoms with Crippen molar-refractivity contribution in [2.45, 2.75) is 19.3 Å². The van der Waals surface area contributed by atoms with Gasteiger partial charge >= 0.3 is 5.97 Å². The van der Waals surface area contributed by atoms with E-state index >= 15 is 0 Å². The fraction of sp³-hybridized carbons (Fsp3) is 0.263. The second kappa shape index (κ2) is 8.16. The van der Waals surface area contributed by atoms with Gasteiger partial charge in [0.05, 0.1) is 0 Å². The summed E-state index contributed by atoms with van der Waals surface area (Å²) in [6.45, 7) is -0.576. The highest BCUT2D eigenvalue weighted by atomic mass is 79.9. The van der Waals surface area contributed by atoms with Gasteiger partial charge in [0.2, 0.25) is 0 Å². The molecule has 0 radical (unpaired) electrons. The van der Waals surface area contributed by atoms with Crippen molar-refractivity contribution in [1.29, 1.82) is 0 Å². The number of anilines is 1. The van der Waals surface area contributed by atoms with Crippen molar-refractivity contribution < 1.29 is 19.1 Å². The van der Waals surface area contributed by atoms with Gasteiger partial charge in [0.15, 0.2) is 13.2 Å². The van der Waals surface area contributed by atoms with Crippen LogP contribution in [0.2, 0.25) is 0 Å². The zero-order valence-corrected chi connectivity index (χ0v) is 15.2. The molecule has 0 aliphatic heterocycles. The second-order valence-electron chi connectivity index (χ2n) is 5.79. The van der Waals surface area contributed by atoms with E-state index in [9.17, 15) is 9.59 Å². The highest BCUT2D eigenvalue weighted by Crippen LogP contribution is 2.24. The van der Waals surface area contributed by atoms with Crippen molar-refractivity contribution in [2.24, 2.45) is 0 Å². The topological polar surface area (TPSA) is 64.6 Å². The van der Waals surface area contributed by atoms with Crippen LogP contribution in [0.25, 0.3) is 0 Å². The summed E-state index contributed by atoms with van der Waals surface area (Å²) in [7, 11) is 0. The van der Waals surface area contributed by atoms with Gasteiger partial charge < -0.3 is 14.8 Å². The molecule has 0 fully saturated rings. The standard InChI is InChI=1S/C19H18BrNO4/c20-15-5-8-17(9-6-15)24-12-19(23)25-11-18(22)21-16-7-4-13-2-1-3-14(13)10-16/h4-10H,1-3,11-12H2,(H,21,22). The van der Waals surface area contributed by atoms with Crippen LogP contribution in [0.5, 0.6) is 5.75 Å². The molecule has 2 aromatic rings. The Kier molecular flexibility index (Phi) is 5.71. The maximum atomic E-state index is 11.9. The van der Waals surface area contributed by atoms with Crippen LogP contribution >= 0.6 is 15.9 Å². The molecular formula is C19H18BrNO4. The SMILES string of the molecule is O=C(COC(=O)COc1ccc(Br)cc1)Nc1ccc2c(c1)CCC2. The number of nitrogens with one attached hydrogen (secondary N) is 1. The smallest absolute Gasteiger partial charge is 0.344 e. The Labute approximate surface area is 154 Å². The molecule has 1 N–H and O–H groups in total. The number of fused-ring (bicyclic) bond motifs is 1. The highest BCUT2D eigenvalue weighted by Gasteiger charge is 2.13. The van der Waals surface area contributed by atoms with Crippen molar-refractivity contribution in [3.05, 3.63) is 58.1 Å². The highest BCUT2D eigenvalue weighted by molar-refractivity contribution is 9.10. The fourth-order valence-electron chi connectivity index (χ4n) is 2.71. The van der Waals surface area contributed by atoms with Gasteiger partial charge in [-0.15, -0.1) is 0 Å². The number of aryl methyl sites for hydroxylation is 2. The van der Waals surface area contributed by atoms with Crippen molar-refractivity contribution >= 4 is 33.5 Å². The number of carbonyl (C=O) groups excluding carboxylic acids is 2. The van der Waals surface area contributed by atoms with Crippen molar-refractivity contribution in [2.75, 3.05) is 18.5 Å². The lowest BCUT2D eigenvalue weighted by Gasteiger charge is -2.09. The van der Waals surface area contributed by atoms with E-state index in [2.05, 4.69) is 21.2 Å². The number of esters is 1. The number of ether oxygens (including phenoxy) is 2. The van der Waals surface area contributed by atoms with Crippen molar-refractivity contribution in [1.82, 2.24) is 0 Å². The Morgan fingerprint density at radius 1 is 1.00 bits per heavy atom. The molecule has 1 aliphatic rings. The Bertz CT molecular complexity index is 773. The van der Waals surface area contributed by atoms with E-state index in [1.54, 1.807) is 12.1 Å².